The van der Waals surface area contributed by atoms with E-state index in [2.05, 4.69) is 27.3 Å². The molecule has 1 N–H and O–H groups in total. The Bertz CT molecular complexity index is 320. The first kappa shape index (κ1) is 14.5. The van der Waals surface area contributed by atoms with Gasteiger partial charge in [-0.25, -0.2) is 0 Å². The third-order valence-electron chi connectivity index (χ3n) is 3.84. The standard InChI is InChI=1S/C16H27N3/c1-2-13-19(14-3-1)15-5-10-17-9-4-6-16-7-11-18-12-8-16/h7-8,11-12,17H,1-6,9-10,13-15H2. The van der Waals surface area contributed by atoms with Crippen LogP contribution < -0.4 is 5.32 Å². The summed E-state index contributed by atoms with van der Waals surface area (Å²) in [6, 6.07) is 4.21. The molecule has 0 amide bonds. The van der Waals surface area contributed by atoms with E-state index in [0.29, 0.717) is 0 Å². The Morgan fingerprint density at radius 2 is 1.74 bits per heavy atom. The highest BCUT2D eigenvalue weighted by molar-refractivity contribution is 5.09. The smallest absolute Gasteiger partial charge is 0.0270 e. The lowest BCUT2D eigenvalue weighted by Gasteiger charge is -2.26. The lowest BCUT2D eigenvalue weighted by Crippen LogP contribution is -2.32. The predicted octanol–water partition coefficient (Wildman–Crippen LogP) is 2.48. The Hall–Kier alpha value is -0.930. The minimum Gasteiger partial charge on any atom is -0.317 e. The zero-order valence-electron chi connectivity index (χ0n) is 12.0. The van der Waals surface area contributed by atoms with Gasteiger partial charge in [0.05, 0.1) is 0 Å². The van der Waals surface area contributed by atoms with Gasteiger partial charge in [0.2, 0.25) is 0 Å². The number of aryl methyl sites for hydroxylation is 1. The molecule has 0 atom stereocenters. The Labute approximate surface area is 117 Å². The molecule has 1 aromatic rings. The van der Waals surface area contributed by atoms with E-state index in [4.69, 9.17) is 0 Å². The number of piperidine rings is 1. The van der Waals surface area contributed by atoms with Gasteiger partial charge >= 0.3 is 0 Å². The van der Waals surface area contributed by atoms with Crippen LogP contribution in [0.25, 0.3) is 0 Å². The molecule has 3 nitrogen and oxygen atoms in total. The van der Waals surface area contributed by atoms with Crippen molar-refractivity contribution in [2.45, 2.75) is 38.5 Å². The van der Waals surface area contributed by atoms with E-state index >= 15 is 0 Å². The molecule has 1 aliphatic rings. The van der Waals surface area contributed by atoms with Gasteiger partial charge in [-0.15, -0.1) is 0 Å². The predicted molar refractivity (Wildman–Crippen MR) is 80.3 cm³/mol. The average molecular weight is 261 g/mol. The maximum absolute atomic E-state index is 4.04. The number of nitrogens with one attached hydrogen (secondary N) is 1. The fourth-order valence-electron chi connectivity index (χ4n) is 2.70. The number of aromatic nitrogens is 1. The first-order chi connectivity index (χ1) is 9.45. The summed E-state index contributed by atoms with van der Waals surface area (Å²) >= 11 is 0. The summed E-state index contributed by atoms with van der Waals surface area (Å²) in [7, 11) is 0. The highest BCUT2D eigenvalue weighted by Gasteiger charge is 2.08. The van der Waals surface area contributed by atoms with Crippen LogP contribution in [-0.4, -0.2) is 42.6 Å². The largest absolute Gasteiger partial charge is 0.317 e. The number of hydrogen-bond donors (Lipinski definition) is 1. The molecule has 1 aromatic heterocycles. The van der Waals surface area contributed by atoms with Gasteiger partial charge in [-0.3, -0.25) is 4.98 Å². The molecule has 2 heterocycles. The van der Waals surface area contributed by atoms with Gasteiger partial charge in [0.15, 0.2) is 0 Å². The van der Waals surface area contributed by atoms with E-state index in [1.54, 1.807) is 0 Å². The molecule has 0 unspecified atom stereocenters. The Morgan fingerprint density at radius 3 is 2.53 bits per heavy atom. The van der Waals surface area contributed by atoms with E-state index in [0.717, 1.165) is 19.5 Å². The fourth-order valence-corrected chi connectivity index (χ4v) is 2.70. The second-order valence-corrected chi connectivity index (χ2v) is 5.46. The molecule has 106 valence electrons. The zero-order chi connectivity index (χ0) is 13.2. The van der Waals surface area contributed by atoms with Crippen molar-refractivity contribution in [2.75, 3.05) is 32.7 Å². The molecule has 19 heavy (non-hydrogen) atoms. The van der Waals surface area contributed by atoms with Crippen molar-refractivity contribution < 1.29 is 0 Å². The lowest BCUT2D eigenvalue weighted by molar-refractivity contribution is 0.226. The van der Waals surface area contributed by atoms with Crippen molar-refractivity contribution in [1.82, 2.24) is 15.2 Å². The molecular weight excluding hydrogens is 234 g/mol. The Balaban J connectivity index is 1.42. The molecule has 0 spiro atoms. The number of nitrogens with zero attached hydrogens (tertiary/aromatic N) is 2. The van der Waals surface area contributed by atoms with Crippen molar-refractivity contribution >= 4 is 0 Å². The number of likely N-dealkylation sites (tertiary alicyclic amines) is 1. The third kappa shape index (κ3) is 6.17. The van der Waals surface area contributed by atoms with Gasteiger partial charge in [0.25, 0.3) is 0 Å². The monoisotopic (exact) mass is 261 g/mol. The molecule has 1 aliphatic heterocycles. The Kier molecular flexibility index (Phi) is 6.90. The summed E-state index contributed by atoms with van der Waals surface area (Å²) in [4.78, 5) is 6.65. The zero-order valence-corrected chi connectivity index (χ0v) is 12.0. The second-order valence-electron chi connectivity index (χ2n) is 5.46. The number of pyridine rings is 1. The van der Waals surface area contributed by atoms with Crippen molar-refractivity contribution in [3.63, 3.8) is 0 Å². The van der Waals surface area contributed by atoms with Gasteiger partial charge in [0, 0.05) is 12.4 Å². The van der Waals surface area contributed by atoms with Crippen LogP contribution in [0.2, 0.25) is 0 Å². The van der Waals surface area contributed by atoms with Crippen LogP contribution in [-0.2, 0) is 6.42 Å². The minimum absolute atomic E-state index is 1.13. The van der Waals surface area contributed by atoms with Crippen molar-refractivity contribution in [1.29, 1.82) is 0 Å². The summed E-state index contributed by atoms with van der Waals surface area (Å²) in [5.41, 5.74) is 1.39. The number of rotatable bonds is 8. The minimum atomic E-state index is 1.13. The normalized spacial score (nSPS) is 16.6. The molecule has 3 heteroatoms. The van der Waals surface area contributed by atoms with E-state index in [-0.39, 0.29) is 0 Å². The summed E-state index contributed by atoms with van der Waals surface area (Å²) in [6.45, 7) is 6.20. The third-order valence-corrected chi connectivity index (χ3v) is 3.84. The lowest BCUT2D eigenvalue weighted by atomic mass is 10.1. The molecule has 1 fully saturated rings. The molecular formula is C16H27N3. The van der Waals surface area contributed by atoms with Crippen LogP contribution in [0.5, 0.6) is 0 Å². The van der Waals surface area contributed by atoms with Gasteiger partial charge in [-0.2, -0.15) is 0 Å². The topological polar surface area (TPSA) is 28.2 Å². The highest BCUT2D eigenvalue weighted by Crippen LogP contribution is 2.08. The SMILES string of the molecule is c1cc(CCCNCCCN2CCCCC2)ccn1. The molecule has 0 aliphatic carbocycles. The molecule has 2 rings (SSSR count). The van der Waals surface area contributed by atoms with Gasteiger partial charge in [-0.05, 0) is 82.5 Å². The second kappa shape index (κ2) is 9.05. The summed E-state index contributed by atoms with van der Waals surface area (Å²) in [6.07, 6.45) is 11.6. The van der Waals surface area contributed by atoms with E-state index in [1.807, 2.05) is 12.4 Å². The van der Waals surface area contributed by atoms with Crippen molar-refractivity contribution in [2.24, 2.45) is 0 Å². The van der Waals surface area contributed by atoms with Crippen LogP contribution in [0, 0.1) is 0 Å². The summed E-state index contributed by atoms with van der Waals surface area (Å²) < 4.78 is 0. The number of hydrogen-bond acceptors (Lipinski definition) is 3. The highest BCUT2D eigenvalue weighted by atomic mass is 15.1. The van der Waals surface area contributed by atoms with Crippen LogP contribution in [0.1, 0.15) is 37.7 Å². The van der Waals surface area contributed by atoms with Crippen LogP contribution in [0.4, 0.5) is 0 Å². The molecule has 0 bridgehead atoms. The van der Waals surface area contributed by atoms with Gasteiger partial charge in [-0.1, -0.05) is 6.42 Å². The van der Waals surface area contributed by atoms with Crippen LogP contribution in [0.3, 0.4) is 0 Å². The Morgan fingerprint density at radius 1 is 1.00 bits per heavy atom. The molecule has 0 saturated carbocycles. The maximum atomic E-state index is 4.04. The first-order valence-corrected chi connectivity index (χ1v) is 7.77. The van der Waals surface area contributed by atoms with E-state index < -0.39 is 0 Å². The summed E-state index contributed by atoms with van der Waals surface area (Å²) in [5, 5.41) is 3.55. The van der Waals surface area contributed by atoms with E-state index in [9.17, 15) is 0 Å². The average Bonchev–Trinajstić information content (AvgIpc) is 2.48. The van der Waals surface area contributed by atoms with Crippen LogP contribution >= 0.6 is 0 Å². The molecule has 0 radical (unpaired) electrons. The fraction of sp³-hybridized carbons (Fsp3) is 0.688. The molecule has 0 aromatic carbocycles. The summed E-state index contributed by atoms with van der Waals surface area (Å²) in [5.74, 6) is 0. The van der Waals surface area contributed by atoms with Gasteiger partial charge in [0.1, 0.15) is 0 Å². The first-order valence-electron chi connectivity index (χ1n) is 7.77. The van der Waals surface area contributed by atoms with Gasteiger partial charge < -0.3 is 10.2 Å². The van der Waals surface area contributed by atoms with Crippen molar-refractivity contribution in [3.8, 4) is 0 Å². The maximum Gasteiger partial charge on any atom is 0.0270 e. The quantitative estimate of drug-likeness (QED) is 0.729. The van der Waals surface area contributed by atoms with Crippen LogP contribution in [0.15, 0.2) is 24.5 Å². The van der Waals surface area contributed by atoms with E-state index in [1.165, 1.54) is 57.3 Å². The van der Waals surface area contributed by atoms with Crippen molar-refractivity contribution in [3.05, 3.63) is 30.1 Å². The molecule has 1 saturated heterocycles.